The number of benzene rings is 1. The standard InChI is InChI=1S/C20H32N4O3.HI/c1-22-20(23-11-12-26-17-8-4-2-3-5-9-17)24-14-16-7-6-10-18(13-16)27-15-19(21)25;/h6-7,10,13,17H,2-5,8-9,11-12,14-15H2,1H3,(H2,21,25)(H2,22,23,24);1H. The third kappa shape index (κ3) is 10.1. The van der Waals surface area contributed by atoms with Crippen LogP contribution in [0.1, 0.15) is 44.1 Å². The van der Waals surface area contributed by atoms with Gasteiger partial charge in [0.2, 0.25) is 0 Å². The monoisotopic (exact) mass is 504 g/mol. The van der Waals surface area contributed by atoms with E-state index in [0.717, 1.165) is 18.1 Å². The van der Waals surface area contributed by atoms with E-state index in [1.165, 1.54) is 38.5 Å². The fourth-order valence-electron chi connectivity index (χ4n) is 3.11. The molecule has 1 aromatic carbocycles. The molecular formula is C20H33IN4O3. The molecule has 0 bridgehead atoms. The van der Waals surface area contributed by atoms with E-state index in [4.69, 9.17) is 15.2 Å². The maximum absolute atomic E-state index is 10.8. The third-order valence-electron chi connectivity index (χ3n) is 4.51. The predicted octanol–water partition coefficient (Wildman–Crippen LogP) is 2.57. The van der Waals surface area contributed by atoms with Crippen molar-refractivity contribution in [3.8, 4) is 5.75 Å². The van der Waals surface area contributed by atoms with Gasteiger partial charge in [0.1, 0.15) is 5.75 Å². The van der Waals surface area contributed by atoms with Crippen molar-refractivity contribution in [2.45, 2.75) is 51.2 Å². The molecule has 1 amide bonds. The number of hydrogen-bond acceptors (Lipinski definition) is 4. The molecule has 1 aliphatic carbocycles. The fourth-order valence-corrected chi connectivity index (χ4v) is 3.11. The summed E-state index contributed by atoms with van der Waals surface area (Å²) in [7, 11) is 1.74. The first-order valence-electron chi connectivity index (χ1n) is 9.73. The molecular weight excluding hydrogens is 471 g/mol. The van der Waals surface area contributed by atoms with Gasteiger partial charge in [0.15, 0.2) is 12.6 Å². The summed E-state index contributed by atoms with van der Waals surface area (Å²) >= 11 is 0. The van der Waals surface area contributed by atoms with Gasteiger partial charge in [-0.2, -0.15) is 0 Å². The molecule has 4 N–H and O–H groups in total. The highest BCUT2D eigenvalue weighted by Gasteiger charge is 2.12. The molecule has 0 radical (unpaired) electrons. The second kappa shape index (κ2) is 14.4. The maximum Gasteiger partial charge on any atom is 0.255 e. The highest BCUT2D eigenvalue weighted by molar-refractivity contribution is 14.0. The van der Waals surface area contributed by atoms with Crippen LogP contribution < -0.4 is 21.1 Å². The van der Waals surface area contributed by atoms with Crippen LogP contribution in [0.25, 0.3) is 0 Å². The number of guanidine groups is 1. The molecule has 28 heavy (non-hydrogen) atoms. The van der Waals surface area contributed by atoms with Gasteiger partial charge < -0.3 is 25.8 Å². The summed E-state index contributed by atoms with van der Waals surface area (Å²) in [5.41, 5.74) is 6.12. The number of hydrogen-bond donors (Lipinski definition) is 3. The Balaban J connectivity index is 0.00000392. The Labute approximate surface area is 184 Å². The van der Waals surface area contributed by atoms with Crippen LogP contribution in [-0.4, -0.2) is 44.8 Å². The van der Waals surface area contributed by atoms with E-state index in [1.807, 2.05) is 18.2 Å². The van der Waals surface area contributed by atoms with Gasteiger partial charge in [-0.25, -0.2) is 0 Å². The smallest absolute Gasteiger partial charge is 0.255 e. The SMILES string of the molecule is CN=C(NCCOC1CCCCCC1)NCc1cccc(OCC(N)=O)c1.I. The average Bonchev–Trinajstić information content (AvgIpc) is 2.95. The summed E-state index contributed by atoms with van der Waals surface area (Å²) in [6.07, 6.45) is 8.01. The van der Waals surface area contributed by atoms with E-state index < -0.39 is 5.91 Å². The lowest BCUT2D eigenvalue weighted by atomic mass is 10.1. The number of primary amides is 1. The number of nitrogens with one attached hydrogen (secondary N) is 2. The Hall–Kier alpha value is -1.55. The van der Waals surface area contributed by atoms with Gasteiger partial charge >= 0.3 is 0 Å². The molecule has 158 valence electrons. The zero-order valence-electron chi connectivity index (χ0n) is 16.6. The second-order valence-corrected chi connectivity index (χ2v) is 6.74. The van der Waals surface area contributed by atoms with Gasteiger partial charge in [0.25, 0.3) is 5.91 Å². The van der Waals surface area contributed by atoms with Gasteiger partial charge in [-0.05, 0) is 30.5 Å². The summed E-state index contributed by atoms with van der Waals surface area (Å²) in [6, 6.07) is 7.53. The molecule has 0 aliphatic heterocycles. The van der Waals surface area contributed by atoms with Gasteiger partial charge in [-0.1, -0.05) is 37.8 Å². The summed E-state index contributed by atoms with van der Waals surface area (Å²) in [5, 5.41) is 6.53. The molecule has 0 atom stereocenters. The third-order valence-corrected chi connectivity index (χ3v) is 4.51. The molecule has 0 unspecified atom stereocenters. The fraction of sp³-hybridized carbons (Fsp3) is 0.600. The molecule has 1 saturated carbocycles. The Morgan fingerprint density at radius 1 is 1.21 bits per heavy atom. The first kappa shape index (κ1) is 24.5. The first-order valence-corrected chi connectivity index (χ1v) is 9.73. The largest absolute Gasteiger partial charge is 0.484 e. The normalized spacial score (nSPS) is 15.2. The number of amides is 1. The highest BCUT2D eigenvalue weighted by atomic mass is 127. The van der Waals surface area contributed by atoms with Crippen molar-refractivity contribution in [3.05, 3.63) is 29.8 Å². The summed E-state index contributed by atoms with van der Waals surface area (Å²) in [4.78, 5) is 15.0. The minimum absolute atomic E-state index is 0. The molecule has 2 rings (SSSR count). The van der Waals surface area contributed by atoms with Crippen molar-refractivity contribution >= 4 is 35.8 Å². The van der Waals surface area contributed by atoms with Crippen molar-refractivity contribution in [2.24, 2.45) is 10.7 Å². The summed E-state index contributed by atoms with van der Waals surface area (Å²) in [5.74, 6) is 0.852. The second-order valence-electron chi connectivity index (χ2n) is 6.74. The lowest BCUT2D eigenvalue weighted by Crippen LogP contribution is -2.38. The number of carbonyl (C=O) groups excluding carboxylic acids is 1. The van der Waals surface area contributed by atoms with Gasteiger partial charge in [0, 0.05) is 20.1 Å². The highest BCUT2D eigenvalue weighted by Crippen LogP contribution is 2.19. The van der Waals surface area contributed by atoms with Crippen LogP contribution in [0.2, 0.25) is 0 Å². The van der Waals surface area contributed by atoms with E-state index in [1.54, 1.807) is 13.1 Å². The molecule has 1 aromatic rings. The minimum atomic E-state index is -0.491. The van der Waals surface area contributed by atoms with E-state index in [9.17, 15) is 4.79 Å². The van der Waals surface area contributed by atoms with E-state index in [2.05, 4.69) is 15.6 Å². The molecule has 1 aliphatic rings. The molecule has 1 fully saturated rings. The van der Waals surface area contributed by atoms with Crippen molar-refractivity contribution in [1.82, 2.24) is 10.6 Å². The number of ether oxygens (including phenoxy) is 2. The Morgan fingerprint density at radius 3 is 2.64 bits per heavy atom. The van der Waals surface area contributed by atoms with Crippen molar-refractivity contribution in [3.63, 3.8) is 0 Å². The van der Waals surface area contributed by atoms with Crippen LogP contribution in [-0.2, 0) is 16.1 Å². The number of nitrogens with two attached hydrogens (primary N) is 1. The molecule has 7 nitrogen and oxygen atoms in total. The van der Waals surface area contributed by atoms with Gasteiger partial charge in [-0.15, -0.1) is 24.0 Å². The lowest BCUT2D eigenvalue weighted by Gasteiger charge is -2.17. The van der Waals surface area contributed by atoms with Crippen LogP contribution in [0.5, 0.6) is 5.75 Å². The predicted molar refractivity (Wildman–Crippen MR) is 122 cm³/mol. The van der Waals surface area contributed by atoms with Gasteiger partial charge in [0.05, 0.1) is 12.7 Å². The maximum atomic E-state index is 10.8. The van der Waals surface area contributed by atoms with Crippen molar-refractivity contribution in [1.29, 1.82) is 0 Å². The van der Waals surface area contributed by atoms with Crippen molar-refractivity contribution < 1.29 is 14.3 Å². The summed E-state index contributed by atoms with van der Waals surface area (Å²) in [6.45, 7) is 1.87. The number of rotatable bonds is 9. The quantitative estimate of drug-likeness (QED) is 0.158. The lowest BCUT2D eigenvalue weighted by molar-refractivity contribution is -0.119. The summed E-state index contributed by atoms with van der Waals surface area (Å²) < 4.78 is 11.3. The molecule has 0 spiro atoms. The van der Waals surface area contributed by atoms with Crippen LogP contribution in [0.3, 0.4) is 0 Å². The topological polar surface area (TPSA) is 98.0 Å². The molecule has 0 heterocycles. The number of carbonyl (C=O) groups is 1. The van der Waals surface area contributed by atoms with Crippen LogP contribution in [0.4, 0.5) is 0 Å². The zero-order valence-corrected chi connectivity index (χ0v) is 18.9. The molecule has 0 saturated heterocycles. The van der Waals surface area contributed by atoms with Crippen LogP contribution >= 0.6 is 24.0 Å². The minimum Gasteiger partial charge on any atom is -0.484 e. The average molecular weight is 504 g/mol. The number of aliphatic imine (C=N–C) groups is 1. The van der Waals surface area contributed by atoms with E-state index in [0.29, 0.717) is 25.0 Å². The van der Waals surface area contributed by atoms with Crippen LogP contribution in [0, 0.1) is 0 Å². The zero-order chi connectivity index (χ0) is 19.3. The molecule has 0 aromatic heterocycles. The van der Waals surface area contributed by atoms with Crippen molar-refractivity contribution in [2.75, 3.05) is 26.8 Å². The van der Waals surface area contributed by atoms with E-state index in [-0.39, 0.29) is 30.6 Å². The first-order chi connectivity index (χ1) is 13.2. The molecule has 8 heteroatoms. The Bertz CT molecular complexity index is 605. The number of halogens is 1. The van der Waals surface area contributed by atoms with E-state index >= 15 is 0 Å². The van der Waals surface area contributed by atoms with Crippen LogP contribution in [0.15, 0.2) is 29.3 Å². The Kier molecular flexibility index (Phi) is 12.6. The Morgan fingerprint density at radius 2 is 1.96 bits per heavy atom. The van der Waals surface area contributed by atoms with Gasteiger partial charge in [-0.3, -0.25) is 9.79 Å². The number of nitrogens with zero attached hydrogens (tertiary/aromatic N) is 1.